The zero-order valence-electron chi connectivity index (χ0n) is 10.1. The van der Waals surface area contributed by atoms with Crippen LogP contribution in [0.25, 0.3) is 0 Å². The third kappa shape index (κ3) is 3.05. The quantitative estimate of drug-likeness (QED) is 0.889. The Morgan fingerprint density at radius 3 is 2.50 bits per heavy atom. The van der Waals surface area contributed by atoms with E-state index in [9.17, 15) is 0 Å². The van der Waals surface area contributed by atoms with E-state index in [1.54, 1.807) is 18.0 Å². The molecular weight excluding hydrogens is 362 g/mol. The van der Waals surface area contributed by atoms with E-state index in [2.05, 4.69) is 42.3 Å². The average molecular weight is 375 g/mol. The first kappa shape index (κ1) is 13.4. The van der Waals surface area contributed by atoms with Crippen molar-refractivity contribution in [1.29, 1.82) is 0 Å². The van der Waals surface area contributed by atoms with E-state index in [4.69, 9.17) is 4.74 Å². The predicted octanol–water partition coefficient (Wildman–Crippen LogP) is 3.57. The second kappa shape index (κ2) is 5.75. The van der Waals surface area contributed by atoms with Crippen LogP contribution in [-0.4, -0.2) is 16.9 Å². The third-order valence-corrected chi connectivity index (χ3v) is 3.64. The molecule has 2 rings (SSSR count). The Hall–Kier alpha value is -1.01. The third-order valence-electron chi connectivity index (χ3n) is 2.46. The van der Waals surface area contributed by atoms with Gasteiger partial charge in [-0.2, -0.15) is 5.10 Å². The molecule has 18 heavy (non-hydrogen) atoms. The molecule has 0 aliphatic rings. The zero-order chi connectivity index (χ0) is 13.1. The summed E-state index contributed by atoms with van der Waals surface area (Å²) in [5, 5.41) is 7.41. The summed E-state index contributed by atoms with van der Waals surface area (Å²) in [6, 6.07) is 4.07. The number of nitrogens with zero attached hydrogens (tertiary/aromatic N) is 2. The highest BCUT2D eigenvalue weighted by Crippen LogP contribution is 2.34. The number of rotatable bonds is 4. The lowest BCUT2D eigenvalue weighted by Gasteiger charge is -2.10. The van der Waals surface area contributed by atoms with Crippen LogP contribution < -0.4 is 10.1 Å². The highest BCUT2D eigenvalue weighted by atomic mass is 79.9. The summed E-state index contributed by atoms with van der Waals surface area (Å²) >= 11 is 6.98. The van der Waals surface area contributed by atoms with Gasteiger partial charge in [0, 0.05) is 19.8 Å². The van der Waals surface area contributed by atoms with Crippen molar-refractivity contribution in [2.24, 2.45) is 7.05 Å². The minimum absolute atomic E-state index is 0.729. The van der Waals surface area contributed by atoms with E-state index in [0.29, 0.717) is 0 Å². The standard InChI is InChI=1S/C12H13Br2N3O/c1-17-7-9(6-16-17)15-5-8-3-10(13)12(18-2)11(14)4-8/h3-4,6-7,15H,5H2,1-2H3. The molecule has 4 nitrogen and oxygen atoms in total. The van der Waals surface area contributed by atoms with Crippen LogP contribution in [0.5, 0.6) is 5.75 Å². The fourth-order valence-electron chi connectivity index (χ4n) is 1.63. The van der Waals surface area contributed by atoms with Gasteiger partial charge >= 0.3 is 0 Å². The van der Waals surface area contributed by atoms with Gasteiger partial charge in [0.05, 0.1) is 27.9 Å². The van der Waals surface area contributed by atoms with Gasteiger partial charge in [0.1, 0.15) is 5.75 Å². The van der Waals surface area contributed by atoms with Crippen molar-refractivity contribution in [2.45, 2.75) is 6.54 Å². The van der Waals surface area contributed by atoms with Crippen LogP contribution in [0.3, 0.4) is 0 Å². The van der Waals surface area contributed by atoms with E-state index in [1.165, 1.54) is 0 Å². The van der Waals surface area contributed by atoms with Crippen molar-refractivity contribution in [2.75, 3.05) is 12.4 Å². The second-order valence-electron chi connectivity index (χ2n) is 3.85. The maximum atomic E-state index is 5.27. The van der Waals surface area contributed by atoms with Gasteiger partial charge in [-0.1, -0.05) is 0 Å². The first-order valence-corrected chi connectivity index (χ1v) is 6.93. The molecule has 0 fully saturated rings. The Morgan fingerprint density at radius 1 is 1.33 bits per heavy atom. The minimum atomic E-state index is 0.729. The molecule has 96 valence electrons. The first-order chi connectivity index (χ1) is 8.60. The number of hydrogen-bond acceptors (Lipinski definition) is 3. The highest BCUT2D eigenvalue weighted by Gasteiger charge is 2.07. The molecule has 6 heteroatoms. The van der Waals surface area contributed by atoms with Crippen molar-refractivity contribution in [3.63, 3.8) is 0 Å². The lowest BCUT2D eigenvalue weighted by Crippen LogP contribution is -1.99. The smallest absolute Gasteiger partial charge is 0.147 e. The number of halogens is 2. The summed E-state index contributed by atoms with van der Waals surface area (Å²) in [5.41, 5.74) is 2.15. The normalized spacial score (nSPS) is 10.4. The Labute approximate surface area is 123 Å². The summed E-state index contributed by atoms with van der Waals surface area (Å²) < 4.78 is 8.90. The fourth-order valence-corrected chi connectivity index (χ4v) is 3.23. The van der Waals surface area contributed by atoms with Crippen LogP contribution in [0, 0.1) is 0 Å². The van der Waals surface area contributed by atoms with Crippen LogP contribution >= 0.6 is 31.9 Å². The molecule has 0 saturated carbocycles. The molecule has 0 aliphatic heterocycles. The lowest BCUT2D eigenvalue weighted by atomic mass is 10.2. The number of anilines is 1. The van der Waals surface area contributed by atoms with E-state index < -0.39 is 0 Å². The van der Waals surface area contributed by atoms with Gasteiger partial charge < -0.3 is 10.1 Å². The second-order valence-corrected chi connectivity index (χ2v) is 5.56. The van der Waals surface area contributed by atoms with Gasteiger partial charge in [-0.3, -0.25) is 4.68 Å². The molecule has 1 N–H and O–H groups in total. The van der Waals surface area contributed by atoms with Gasteiger partial charge in [0.25, 0.3) is 0 Å². The molecular formula is C12H13Br2N3O. The highest BCUT2D eigenvalue weighted by molar-refractivity contribution is 9.11. The van der Waals surface area contributed by atoms with Crippen molar-refractivity contribution >= 4 is 37.5 Å². The van der Waals surface area contributed by atoms with Gasteiger partial charge in [-0.15, -0.1) is 0 Å². The minimum Gasteiger partial charge on any atom is -0.494 e. The number of ether oxygens (including phenoxy) is 1. The zero-order valence-corrected chi connectivity index (χ0v) is 13.2. The molecule has 0 unspecified atom stereocenters. The summed E-state index contributed by atoms with van der Waals surface area (Å²) in [4.78, 5) is 0. The average Bonchev–Trinajstić information content (AvgIpc) is 2.72. The molecule has 0 bridgehead atoms. The maximum absolute atomic E-state index is 5.27. The number of benzene rings is 1. The molecule has 0 amide bonds. The van der Waals surface area contributed by atoms with Crippen LogP contribution in [-0.2, 0) is 13.6 Å². The molecule has 0 aliphatic carbocycles. The fraction of sp³-hybridized carbons (Fsp3) is 0.250. The van der Waals surface area contributed by atoms with Crippen LogP contribution in [0.4, 0.5) is 5.69 Å². The SMILES string of the molecule is COc1c(Br)cc(CNc2cnn(C)c2)cc1Br. The van der Waals surface area contributed by atoms with Crippen molar-refractivity contribution < 1.29 is 4.74 Å². The topological polar surface area (TPSA) is 39.1 Å². The Kier molecular flexibility index (Phi) is 4.29. The largest absolute Gasteiger partial charge is 0.494 e. The number of nitrogens with one attached hydrogen (secondary N) is 1. The van der Waals surface area contributed by atoms with E-state index in [-0.39, 0.29) is 0 Å². The van der Waals surface area contributed by atoms with Gasteiger partial charge in [-0.05, 0) is 49.6 Å². The van der Waals surface area contributed by atoms with Crippen LogP contribution in [0.2, 0.25) is 0 Å². The lowest BCUT2D eigenvalue weighted by molar-refractivity contribution is 0.409. The number of hydrogen-bond donors (Lipinski definition) is 1. The summed E-state index contributed by atoms with van der Waals surface area (Å²) in [7, 11) is 3.55. The van der Waals surface area contributed by atoms with E-state index in [1.807, 2.05) is 25.4 Å². The molecule has 1 aromatic carbocycles. The maximum Gasteiger partial charge on any atom is 0.147 e. The molecule has 0 spiro atoms. The first-order valence-electron chi connectivity index (χ1n) is 5.34. The van der Waals surface area contributed by atoms with Crippen molar-refractivity contribution in [1.82, 2.24) is 9.78 Å². The molecule has 2 aromatic rings. The molecule has 1 aromatic heterocycles. The number of aryl methyl sites for hydroxylation is 1. The molecule has 1 heterocycles. The summed E-state index contributed by atoms with van der Waals surface area (Å²) in [6.45, 7) is 0.729. The predicted molar refractivity (Wildman–Crippen MR) is 78.9 cm³/mol. The van der Waals surface area contributed by atoms with Gasteiger partial charge in [-0.25, -0.2) is 0 Å². The van der Waals surface area contributed by atoms with Gasteiger partial charge in [0.15, 0.2) is 0 Å². The molecule has 0 atom stereocenters. The Morgan fingerprint density at radius 2 is 2.00 bits per heavy atom. The van der Waals surface area contributed by atoms with E-state index >= 15 is 0 Å². The Bertz CT molecular complexity index is 531. The molecule has 0 saturated heterocycles. The van der Waals surface area contributed by atoms with E-state index in [0.717, 1.165) is 32.5 Å². The van der Waals surface area contributed by atoms with Crippen molar-refractivity contribution in [3.05, 3.63) is 39.0 Å². The van der Waals surface area contributed by atoms with Crippen LogP contribution in [0.15, 0.2) is 33.5 Å². The number of aromatic nitrogens is 2. The number of methoxy groups -OCH3 is 1. The van der Waals surface area contributed by atoms with Crippen molar-refractivity contribution in [3.8, 4) is 5.75 Å². The Balaban J connectivity index is 2.10. The molecule has 0 radical (unpaired) electrons. The monoisotopic (exact) mass is 373 g/mol. The van der Waals surface area contributed by atoms with Gasteiger partial charge in [0.2, 0.25) is 0 Å². The summed E-state index contributed by atoms with van der Waals surface area (Å²) in [6.07, 6.45) is 3.74. The van der Waals surface area contributed by atoms with Crippen LogP contribution in [0.1, 0.15) is 5.56 Å². The summed E-state index contributed by atoms with van der Waals surface area (Å²) in [5.74, 6) is 0.806.